The second-order valence-corrected chi connectivity index (χ2v) is 5.04. The number of hydrogen-bond donors (Lipinski definition) is 1. The van der Waals surface area contributed by atoms with Crippen molar-refractivity contribution in [2.45, 2.75) is 39.0 Å². The molecule has 1 aliphatic heterocycles. The summed E-state index contributed by atoms with van der Waals surface area (Å²) in [6, 6.07) is 8.65. The second-order valence-electron chi connectivity index (χ2n) is 5.04. The molecule has 4 heteroatoms. The first-order valence-corrected chi connectivity index (χ1v) is 6.32. The zero-order valence-electron chi connectivity index (χ0n) is 11.3. The van der Waals surface area contributed by atoms with Crippen molar-refractivity contribution in [2.75, 3.05) is 18.0 Å². The highest BCUT2D eigenvalue weighted by molar-refractivity contribution is 5.85. The maximum absolute atomic E-state index is 5.85. The number of rotatable bonds is 2. The quantitative estimate of drug-likeness (QED) is 0.898. The fourth-order valence-electron chi connectivity index (χ4n) is 2.38. The molecule has 102 valence electrons. The number of anilines is 1. The molecular formula is C14H23ClN2O. The molecule has 2 rings (SSSR count). The molecule has 1 aromatic rings. The lowest BCUT2D eigenvalue weighted by molar-refractivity contribution is -0.00521. The van der Waals surface area contributed by atoms with Crippen molar-refractivity contribution in [3.8, 4) is 0 Å². The predicted molar refractivity (Wildman–Crippen MR) is 78.5 cm³/mol. The molecule has 1 saturated heterocycles. The maximum atomic E-state index is 5.85. The lowest BCUT2D eigenvalue weighted by atomic mass is 10.1. The van der Waals surface area contributed by atoms with Crippen LogP contribution in [0.1, 0.15) is 32.4 Å². The summed E-state index contributed by atoms with van der Waals surface area (Å²) in [5.41, 5.74) is 8.30. The summed E-state index contributed by atoms with van der Waals surface area (Å²) >= 11 is 0. The SMILES string of the molecule is C[C@@H]1CN(c2ccc([C@@H](C)N)cc2)C[C@H](C)O1.Cl. The maximum Gasteiger partial charge on any atom is 0.0726 e. The van der Waals surface area contributed by atoms with Crippen LogP contribution in [-0.2, 0) is 4.74 Å². The van der Waals surface area contributed by atoms with E-state index in [1.807, 2.05) is 6.92 Å². The van der Waals surface area contributed by atoms with E-state index in [0.29, 0.717) is 12.2 Å². The summed E-state index contributed by atoms with van der Waals surface area (Å²) in [6.07, 6.45) is 0.596. The van der Waals surface area contributed by atoms with Crippen LogP contribution in [0.3, 0.4) is 0 Å². The van der Waals surface area contributed by atoms with Crippen molar-refractivity contribution in [1.29, 1.82) is 0 Å². The van der Waals surface area contributed by atoms with E-state index in [-0.39, 0.29) is 18.4 Å². The molecule has 2 N–H and O–H groups in total. The van der Waals surface area contributed by atoms with Gasteiger partial charge in [0, 0.05) is 24.8 Å². The number of ether oxygens (including phenoxy) is 1. The van der Waals surface area contributed by atoms with Crippen molar-refractivity contribution in [1.82, 2.24) is 0 Å². The van der Waals surface area contributed by atoms with Crippen LogP contribution in [0.25, 0.3) is 0 Å². The zero-order valence-corrected chi connectivity index (χ0v) is 12.1. The number of hydrogen-bond acceptors (Lipinski definition) is 3. The molecule has 0 bridgehead atoms. The topological polar surface area (TPSA) is 38.5 Å². The van der Waals surface area contributed by atoms with Gasteiger partial charge in [0.25, 0.3) is 0 Å². The average molecular weight is 271 g/mol. The highest BCUT2D eigenvalue weighted by Crippen LogP contribution is 2.22. The Kier molecular flexibility index (Phi) is 5.45. The van der Waals surface area contributed by atoms with Crippen LogP contribution in [0.5, 0.6) is 0 Å². The van der Waals surface area contributed by atoms with Gasteiger partial charge >= 0.3 is 0 Å². The summed E-state index contributed by atoms with van der Waals surface area (Å²) < 4.78 is 5.74. The second kappa shape index (κ2) is 6.41. The minimum absolute atomic E-state index is 0. The third kappa shape index (κ3) is 3.61. The van der Waals surface area contributed by atoms with Crippen molar-refractivity contribution in [3.05, 3.63) is 29.8 Å². The molecule has 1 heterocycles. The van der Waals surface area contributed by atoms with Crippen LogP contribution in [0, 0.1) is 0 Å². The van der Waals surface area contributed by atoms with E-state index in [1.54, 1.807) is 0 Å². The summed E-state index contributed by atoms with van der Waals surface area (Å²) in [7, 11) is 0. The molecule has 1 aliphatic rings. The van der Waals surface area contributed by atoms with E-state index in [2.05, 4.69) is 43.0 Å². The number of benzene rings is 1. The Hall–Kier alpha value is -0.770. The Bertz CT molecular complexity index is 357. The molecule has 1 fully saturated rings. The Balaban J connectivity index is 0.00000162. The van der Waals surface area contributed by atoms with Crippen LogP contribution < -0.4 is 10.6 Å². The van der Waals surface area contributed by atoms with Crippen LogP contribution in [-0.4, -0.2) is 25.3 Å². The summed E-state index contributed by atoms with van der Waals surface area (Å²) in [6.45, 7) is 8.18. The van der Waals surface area contributed by atoms with Crippen molar-refractivity contribution in [3.63, 3.8) is 0 Å². The van der Waals surface area contributed by atoms with E-state index >= 15 is 0 Å². The molecule has 3 nitrogen and oxygen atoms in total. The van der Waals surface area contributed by atoms with Crippen LogP contribution in [0.4, 0.5) is 5.69 Å². The van der Waals surface area contributed by atoms with Gasteiger partial charge < -0.3 is 15.4 Å². The molecule has 3 atom stereocenters. The molecule has 0 spiro atoms. The molecule has 0 aliphatic carbocycles. The number of nitrogens with two attached hydrogens (primary N) is 1. The van der Waals surface area contributed by atoms with E-state index in [0.717, 1.165) is 13.1 Å². The van der Waals surface area contributed by atoms with E-state index < -0.39 is 0 Å². The predicted octanol–water partition coefficient (Wildman–Crippen LogP) is 2.74. The van der Waals surface area contributed by atoms with Crippen molar-refractivity contribution in [2.24, 2.45) is 5.73 Å². The highest BCUT2D eigenvalue weighted by atomic mass is 35.5. The van der Waals surface area contributed by atoms with Gasteiger partial charge in [-0.3, -0.25) is 0 Å². The number of halogens is 1. The normalized spacial score (nSPS) is 25.4. The first-order chi connectivity index (χ1) is 8.06. The Labute approximate surface area is 116 Å². The fourth-order valence-corrected chi connectivity index (χ4v) is 2.38. The Morgan fingerprint density at radius 1 is 1.17 bits per heavy atom. The first kappa shape index (κ1) is 15.3. The molecular weight excluding hydrogens is 248 g/mol. The lowest BCUT2D eigenvalue weighted by Gasteiger charge is -2.37. The van der Waals surface area contributed by atoms with Gasteiger partial charge in [0.15, 0.2) is 0 Å². The Morgan fingerprint density at radius 2 is 1.67 bits per heavy atom. The van der Waals surface area contributed by atoms with E-state index in [1.165, 1.54) is 11.3 Å². The third-order valence-corrected chi connectivity index (χ3v) is 3.20. The van der Waals surface area contributed by atoms with Crippen molar-refractivity contribution >= 4 is 18.1 Å². The van der Waals surface area contributed by atoms with Gasteiger partial charge in [-0.25, -0.2) is 0 Å². The molecule has 0 amide bonds. The summed E-state index contributed by atoms with van der Waals surface area (Å²) in [5, 5.41) is 0. The van der Waals surface area contributed by atoms with Gasteiger partial charge in [0.05, 0.1) is 12.2 Å². The Morgan fingerprint density at radius 3 is 2.11 bits per heavy atom. The molecule has 0 aromatic heterocycles. The molecule has 1 aromatic carbocycles. The zero-order chi connectivity index (χ0) is 12.4. The average Bonchev–Trinajstić information content (AvgIpc) is 2.28. The summed E-state index contributed by atoms with van der Waals surface area (Å²) in [4.78, 5) is 2.38. The molecule has 0 radical (unpaired) electrons. The lowest BCUT2D eigenvalue weighted by Crippen LogP contribution is -2.45. The van der Waals surface area contributed by atoms with E-state index in [4.69, 9.17) is 10.5 Å². The minimum Gasteiger partial charge on any atom is -0.372 e. The van der Waals surface area contributed by atoms with E-state index in [9.17, 15) is 0 Å². The third-order valence-electron chi connectivity index (χ3n) is 3.20. The van der Waals surface area contributed by atoms with Gasteiger partial charge in [-0.15, -0.1) is 12.4 Å². The van der Waals surface area contributed by atoms with Crippen LogP contribution in [0.2, 0.25) is 0 Å². The number of nitrogens with zero attached hydrogens (tertiary/aromatic N) is 1. The van der Waals surface area contributed by atoms with Gasteiger partial charge in [-0.1, -0.05) is 12.1 Å². The van der Waals surface area contributed by atoms with Gasteiger partial charge in [-0.05, 0) is 38.5 Å². The molecule has 0 unspecified atom stereocenters. The van der Waals surface area contributed by atoms with Crippen LogP contribution >= 0.6 is 12.4 Å². The first-order valence-electron chi connectivity index (χ1n) is 6.32. The largest absolute Gasteiger partial charge is 0.372 e. The minimum atomic E-state index is 0. The smallest absolute Gasteiger partial charge is 0.0726 e. The van der Waals surface area contributed by atoms with Crippen molar-refractivity contribution < 1.29 is 4.74 Å². The van der Waals surface area contributed by atoms with Crippen LogP contribution in [0.15, 0.2) is 24.3 Å². The highest BCUT2D eigenvalue weighted by Gasteiger charge is 2.22. The standard InChI is InChI=1S/C14H22N2O.ClH/c1-10-8-16(9-11(2)17-10)14-6-4-13(5-7-14)12(3)15;/h4-7,10-12H,8-9,15H2,1-3H3;1H/t10-,11+,12-;/m1./s1. The van der Waals surface area contributed by atoms with Gasteiger partial charge in [-0.2, -0.15) is 0 Å². The molecule has 0 saturated carbocycles. The summed E-state index contributed by atoms with van der Waals surface area (Å²) in [5.74, 6) is 0. The fraction of sp³-hybridized carbons (Fsp3) is 0.571. The molecule has 18 heavy (non-hydrogen) atoms. The number of morpholine rings is 1. The van der Waals surface area contributed by atoms with Gasteiger partial charge in [0.2, 0.25) is 0 Å². The van der Waals surface area contributed by atoms with Gasteiger partial charge in [0.1, 0.15) is 0 Å². The monoisotopic (exact) mass is 270 g/mol.